The van der Waals surface area contributed by atoms with E-state index in [0.29, 0.717) is 6.42 Å². The summed E-state index contributed by atoms with van der Waals surface area (Å²) in [6.07, 6.45) is 26.4. The molecule has 7 heteroatoms. The molecule has 0 bridgehead atoms. The first-order valence-electron chi connectivity index (χ1n) is 14.0. The summed E-state index contributed by atoms with van der Waals surface area (Å²) in [5.41, 5.74) is 0. The monoisotopic (exact) mass is 498 g/mol. The molecule has 0 amide bonds. The minimum absolute atomic E-state index is 0.262. The lowest BCUT2D eigenvalue weighted by molar-refractivity contribution is -0.907. The zero-order chi connectivity index (χ0) is 26.2. The standard InChI is InChI=1S/C28H51NO6/c1-2-3-4-5-6-7-8-9-10-11-12-13-14-15-16-17-18-19-20-21-22-29(23-26(30)31,24-27(32)33)25-28(34)35/h9-10H,2-8,11-25H2,1H3,(H2-,30,31,32,33,34,35)/p+1/b10-9+. The molecule has 0 aromatic carbocycles. The number of hydrogen-bond donors (Lipinski definition) is 3. The lowest BCUT2D eigenvalue weighted by atomic mass is 10.0. The van der Waals surface area contributed by atoms with Gasteiger partial charge in [-0.1, -0.05) is 96.1 Å². The van der Waals surface area contributed by atoms with Gasteiger partial charge in [-0.15, -0.1) is 0 Å². The molecule has 0 aliphatic heterocycles. The normalized spacial score (nSPS) is 11.8. The Morgan fingerprint density at radius 3 is 1.17 bits per heavy atom. The molecule has 0 saturated heterocycles. The summed E-state index contributed by atoms with van der Waals surface area (Å²) in [5, 5.41) is 27.4. The second-order valence-electron chi connectivity index (χ2n) is 10.1. The van der Waals surface area contributed by atoms with Gasteiger partial charge in [0, 0.05) is 0 Å². The van der Waals surface area contributed by atoms with Crippen LogP contribution < -0.4 is 0 Å². The Kier molecular flexibility index (Phi) is 21.3. The highest BCUT2D eigenvalue weighted by Crippen LogP contribution is 2.15. The predicted octanol–water partition coefficient (Wildman–Crippen LogP) is 6.65. The number of unbranched alkanes of at least 4 members (excludes halogenated alkanes) is 16. The molecule has 0 atom stereocenters. The van der Waals surface area contributed by atoms with Crippen LogP contribution in [0.3, 0.4) is 0 Å². The van der Waals surface area contributed by atoms with Crippen LogP contribution in [0.25, 0.3) is 0 Å². The van der Waals surface area contributed by atoms with Gasteiger partial charge in [-0.2, -0.15) is 0 Å². The lowest BCUT2D eigenvalue weighted by Gasteiger charge is -2.34. The first-order valence-corrected chi connectivity index (χ1v) is 14.0. The van der Waals surface area contributed by atoms with Gasteiger partial charge >= 0.3 is 17.9 Å². The van der Waals surface area contributed by atoms with Crippen LogP contribution in [0.15, 0.2) is 12.2 Å². The zero-order valence-corrected chi connectivity index (χ0v) is 22.2. The van der Waals surface area contributed by atoms with Crippen LogP contribution in [0.5, 0.6) is 0 Å². The zero-order valence-electron chi connectivity index (χ0n) is 22.2. The number of hydrogen-bond acceptors (Lipinski definition) is 3. The van der Waals surface area contributed by atoms with Gasteiger partial charge in [0.25, 0.3) is 0 Å². The van der Waals surface area contributed by atoms with E-state index in [0.717, 1.165) is 19.3 Å². The van der Waals surface area contributed by atoms with Crippen LogP contribution in [-0.4, -0.2) is 63.9 Å². The first-order chi connectivity index (χ1) is 16.8. The second kappa shape index (κ2) is 22.6. The van der Waals surface area contributed by atoms with Gasteiger partial charge in [0.15, 0.2) is 19.6 Å². The van der Waals surface area contributed by atoms with Crippen LogP contribution >= 0.6 is 0 Å². The Bertz CT molecular complexity index is 549. The third-order valence-corrected chi connectivity index (χ3v) is 6.56. The van der Waals surface area contributed by atoms with Gasteiger partial charge < -0.3 is 15.3 Å². The van der Waals surface area contributed by atoms with Gasteiger partial charge in [0.1, 0.15) is 0 Å². The Labute approximate surface area is 213 Å². The average molecular weight is 499 g/mol. The van der Waals surface area contributed by atoms with E-state index >= 15 is 0 Å². The van der Waals surface area contributed by atoms with Crippen LogP contribution in [0.1, 0.15) is 122 Å². The van der Waals surface area contributed by atoms with E-state index in [4.69, 9.17) is 15.3 Å². The predicted molar refractivity (Wildman–Crippen MR) is 141 cm³/mol. The molecule has 0 aromatic rings. The van der Waals surface area contributed by atoms with Gasteiger partial charge in [-0.25, -0.2) is 14.4 Å². The van der Waals surface area contributed by atoms with Gasteiger partial charge in [-0.3, -0.25) is 4.48 Å². The molecule has 0 rings (SSSR count). The molecular formula is C28H52NO6+. The number of aliphatic carboxylic acids is 3. The molecule has 0 fully saturated rings. The van der Waals surface area contributed by atoms with Crippen molar-refractivity contribution in [2.75, 3.05) is 26.2 Å². The number of carboxylic acid groups (broad SMARTS) is 3. The fraction of sp³-hybridized carbons (Fsp3) is 0.821. The molecule has 0 radical (unpaired) electrons. The van der Waals surface area contributed by atoms with E-state index < -0.39 is 42.0 Å². The summed E-state index contributed by atoms with van der Waals surface area (Å²) < 4.78 is -0.436. The van der Waals surface area contributed by atoms with Crippen LogP contribution in [-0.2, 0) is 14.4 Å². The first kappa shape index (κ1) is 33.1. The number of carboxylic acids is 3. The molecule has 0 spiro atoms. The summed E-state index contributed by atoms with van der Waals surface area (Å²) in [6, 6.07) is 0. The Hall–Kier alpha value is -1.89. The van der Waals surface area contributed by atoms with Crippen LogP contribution in [0.4, 0.5) is 0 Å². The molecule has 0 aliphatic carbocycles. The van der Waals surface area contributed by atoms with Crippen molar-refractivity contribution in [1.29, 1.82) is 0 Å². The van der Waals surface area contributed by atoms with Crippen molar-refractivity contribution in [3.8, 4) is 0 Å². The molecule has 0 aromatic heterocycles. The molecule has 0 unspecified atom stereocenters. The summed E-state index contributed by atoms with van der Waals surface area (Å²) in [4.78, 5) is 33.5. The quantitative estimate of drug-likeness (QED) is 0.0699. The van der Waals surface area contributed by atoms with Crippen LogP contribution in [0.2, 0.25) is 0 Å². The van der Waals surface area contributed by atoms with Gasteiger partial charge in [0.2, 0.25) is 0 Å². The molecular weight excluding hydrogens is 446 g/mol. The van der Waals surface area contributed by atoms with Crippen molar-refractivity contribution >= 4 is 17.9 Å². The highest BCUT2D eigenvalue weighted by molar-refractivity contribution is 5.73. The maximum atomic E-state index is 11.2. The van der Waals surface area contributed by atoms with Gasteiger partial charge in [0.05, 0.1) is 6.54 Å². The van der Waals surface area contributed by atoms with Crippen molar-refractivity contribution < 1.29 is 34.2 Å². The SMILES string of the molecule is CCCCCCCC/C=C/CCCCCCCCCCCC[N+](CC(=O)O)(CC(=O)O)CC(=O)O. The third kappa shape index (κ3) is 22.3. The minimum Gasteiger partial charge on any atom is -0.477 e. The minimum atomic E-state index is -1.17. The third-order valence-electron chi connectivity index (χ3n) is 6.56. The van der Waals surface area contributed by atoms with E-state index in [2.05, 4.69) is 19.1 Å². The molecule has 3 N–H and O–H groups in total. The van der Waals surface area contributed by atoms with Crippen molar-refractivity contribution in [2.24, 2.45) is 0 Å². The smallest absolute Gasteiger partial charge is 0.359 e. The van der Waals surface area contributed by atoms with E-state index in [1.165, 1.54) is 89.9 Å². The number of nitrogens with zero attached hydrogens (tertiary/aromatic N) is 1. The van der Waals surface area contributed by atoms with E-state index in [9.17, 15) is 14.4 Å². The summed E-state index contributed by atoms with van der Waals surface area (Å²) >= 11 is 0. The number of rotatable bonds is 26. The fourth-order valence-corrected chi connectivity index (χ4v) is 4.67. The van der Waals surface area contributed by atoms with Crippen molar-refractivity contribution in [3.05, 3.63) is 12.2 Å². The number of quaternary nitrogens is 1. The Morgan fingerprint density at radius 1 is 0.514 bits per heavy atom. The fourth-order valence-electron chi connectivity index (χ4n) is 4.67. The van der Waals surface area contributed by atoms with Crippen molar-refractivity contribution in [3.63, 3.8) is 0 Å². The lowest BCUT2D eigenvalue weighted by Crippen LogP contribution is -2.57. The van der Waals surface area contributed by atoms with E-state index in [-0.39, 0.29) is 6.54 Å². The topological polar surface area (TPSA) is 112 Å². The molecule has 0 saturated carbocycles. The maximum absolute atomic E-state index is 11.2. The highest BCUT2D eigenvalue weighted by atomic mass is 16.4. The molecule has 35 heavy (non-hydrogen) atoms. The molecule has 0 aliphatic rings. The highest BCUT2D eigenvalue weighted by Gasteiger charge is 2.35. The van der Waals surface area contributed by atoms with E-state index in [1.807, 2.05) is 0 Å². The molecule has 204 valence electrons. The van der Waals surface area contributed by atoms with Crippen molar-refractivity contribution in [2.45, 2.75) is 122 Å². The Morgan fingerprint density at radius 2 is 0.829 bits per heavy atom. The number of carbonyl (C=O) groups is 3. The average Bonchev–Trinajstić information content (AvgIpc) is 2.76. The number of allylic oxidation sites excluding steroid dienone is 2. The Balaban J connectivity index is 3.72. The largest absolute Gasteiger partial charge is 0.477 e. The maximum Gasteiger partial charge on any atom is 0.359 e. The van der Waals surface area contributed by atoms with E-state index in [1.54, 1.807) is 0 Å². The van der Waals surface area contributed by atoms with Crippen molar-refractivity contribution in [1.82, 2.24) is 0 Å². The summed E-state index contributed by atoms with van der Waals surface area (Å²) in [5.74, 6) is -3.51. The molecule has 7 nitrogen and oxygen atoms in total. The van der Waals surface area contributed by atoms with Crippen LogP contribution in [0, 0.1) is 0 Å². The summed E-state index contributed by atoms with van der Waals surface area (Å²) in [6.45, 7) is 1.08. The molecule has 0 heterocycles. The van der Waals surface area contributed by atoms with Gasteiger partial charge in [-0.05, 0) is 38.5 Å². The second-order valence-corrected chi connectivity index (χ2v) is 10.1. The summed E-state index contributed by atoms with van der Waals surface area (Å²) in [7, 11) is 0.